The number of aromatic nitrogens is 2. The molecule has 2 aromatic carbocycles. The summed E-state index contributed by atoms with van der Waals surface area (Å²) in [5, 5.41) is 11.5. The highest BCUT2D eigenvalue weighted by molar-refractivity contribution is 6.32. The van der Waals surface area contributed by atoms with Crippen molar-refractivity contribution < 1.29 is 37.6 Å². The zero-order chi connectivity index (χ0) is 44.1. The molecule has 0 amide bonds. The van der Waals surface area contributed by atoms with Crippen LogP contribution in [0.15, 0.2) is 66.6 Å². The lowest BCUT2D eigenvalue weighted by molar-refractivity contribution is -0.114. The molecule has 0 saturated heterocycles. The van der Waals surface area contributed by atoms with Crippen LogP contribution in [0.2, 0.25) is 5.02 Å². The van der Waals surface area contributed by atoms with Crippen molar-refractivity contribution in [2.45, 2.75) is 26.8 Å². The molecule has 0 unspecified atom stereocenters. The number of pyridine rings is 2. The van der Waals surface area contributed by atoms with E-state index in [1.807, 2.05) is 0 Å². The van der Waals surface area contributed by atoms with Crippen LogP contribution in [0.5, 0.6) is 11.5 Å². The second kappa shape index (κ2) is 13.8. The van der Waals surface area contributed by atoms with Crippen LogP contribution < -0.4 is 14.8 Å². The summed E-state index contributed by atoms with van der Waals surface area (Å²) in [6.45, 7) is -6.16. The van der Waals surface area contributed by atoms with Crippen molar-refractivity contribution >= 4 is 39.7 Å². The summed E-state index contributed by atoms with van der Waals surface area (Å²) in [6, 6.07) is -5.08. The number of carbonyl (C=O) groups excluding carboxylic acids is 1. The molecule has 0 aliphatic carbocycles. The molecule has 4 aromatic rings. The Kier molecular flexibility index (Phi) is 4.84. The normalized spacial score (nSPS) is 18.3. The maximum Gasteiger partial charge on any atom is 0.159 e. The third kappa shape index (κ3) is 7.82. The van der Waals surface area contributed by atoms with Gasteiger partial charge in [-0.3, -0.25) is 14.8 Å². The zero-order valence-electron chi connectivity index (χ0n) is 38.9. The fraction of sp³-hybridized carbons (Fsp3) is 0.250. The first-order chi connectivity index (χ1) is 26.6. The van der Waals surface area contributed by atoms with Crippen LogP contribution in [0.1, 0.15) is 52.7 Å². The number of aryl methyl sites for hydroxylation is 1. The van der Waals surface area contributed by atoms with Crippen LogP contribution in [-0.2, 0) is 17.8 Å². The molecule has 8 nitrogen and oxygen atoms in total. The predicted octanol–water partition coefficient (Wildman–Crippen LogP) is 6.41. The third-order valence-electron chi connectivity index (χ3n) is 4.97. The van der Waals surface area contributed by atoms with Crippen LogP contribution in [0.4, 0.5) is 11.4 Å². The fourth-order valence-electron chi connectivity index (χ4n) is 3.27. The minimum atomic E-state index is -3.09. The van der Waals surface area contributed by atoms with Gasteiger partial charge in [0.1, 0.15) is 24.1 Å². The Morgan fingerprint density at radius 1 is 1.29 bits per heavy atom. The van der Waals surface area contributed by atoms with Crippen molar-refractivity contribution in [3.63, 3.8) is 0 Å². The number of rotatable bonds is 12. The summed E-state index contributed by atoms with van der Waals surface area (Å²) < 4.78 is 151. The summed E-state index contributed by atoms with van der Waals surface area (Å²) in [5.41, 5.74) is -3.41. The van der Waals surface area contributed by atoms with E-state index in [-0.39, 0.29) is 17.9 Å². The largest absolute Gasteiger partial charge is 0.494 e. The number of nitrogens with zero attached hydrogens (tertiary/aromatic N) is 4. The van der Waals surface area contributed by atoms with Gasteiger partial charge in [0, 0.05) is 54.3 Å². The fourth-order valence-corrected chi connectivity index (χ4v) is 3.45. The molecule has 0 aliphatic heterocycles. The van der Waals surface area contributed by atoms with Crippen molar-refractivity contribution in [2.24, 2.45) is 0 Å². The van der Waals surface area contributed by atoms with Crippen LogP contribution in [0.3, 0.4) is 0 Å². The quantitative estimate of drug-likeness (QED) is 0.190. The molecule has 210 valence electrons. The van der Waals surface area contributed by atoms with Gasteiger partial charge in [-0.15, -0.1) is 0 Å². The molecule has 4 rings (SSSR count). The molecule has 9 heteroatoms. The van der Waals surface area contributed by atoms with Gasteiger partial charge in [0.25, 0.3) is 0 Å². The van der Waals surface area contributed by atoms with Crippen molar-refractivity contribution in [3.8, 4) is 17.6 Å². The van der Waals surface area contributed by atoms with Gasteiger partial charge in [-0.05, 0) is 70.2 Å². The number of nitriles is 1. The molecule has 0 atom stereocenters. The first kappa shape index (κ1) is 14.4. The summed E-state index contributed by atoms with van der Waals surface area (Å²) in [4.78, 5) is 21.5. The van der Waals surface area contributed by atoms with Gasteiger partial charge in [0.15, 0.2) is 5.78 Å². The van der Waals surface area contributed by atoms with Crippen molar-refractivity contribution in [2.75, 3.05) is 32.4 Å². The van der Waals surface area contributed by atoms with Crippen molar-refractivity contribution in [3.05, 3.63) is 94.2 Å². The molecule has 2 heterocycles. The molecule has 0 aliphatic rings. The standard InChI is InChI=1S/C32H32ClN5O3/c1-5-40-31-17-29-27(15-22(31)14-26(39)10-7-13-38(3)4)32(23(18-34)19-35-29)37-24-11-12-30(28(33)16-24)41-20-25-9-6-8-21(2)36-25/h6-12,15-17,19H,5,13-14,20H2,1-4H3,(H,35,37)/b10-7+/i3D3,6D,8D,9D,10D,11D,12D,13D2,15D,16D,17D,19D,20D2. The van der Waals surface area contributed by atoms with Gasteiger partial charge in [-0.2, -0.15) is 5.26 Å². The van der Waals surface area contributed by atoms with E-state index in [0.717, 1.165) is 7.05 Å². The molecule has 1 N–H and O–H groups in total. The van der Waals surface area contributed by atoms with Crippen LogP contribution in [0.25, 0.3) is 10.9 Å². The Labute approximate surface area is 269 Å². The third-order valence-corrected chi connectivity index (χ3v) is 5.23. The molecule has 0 spiro atoms. The molecule has 0 bridgehead atoms. The maximum absolute atomic E-state index is 13.4. The monoisotopic (exact) mass is 586 g/mol. The number of halogens is 1. The van der Waals surface area contributed by atoms with Crippen LogP contribution >= 0.6 is 11.6 Å². The Bertz CT molecular complexity index is 2410. The first-order valence-corrected chi connectivity index (χ1v) is 12.2. The number of ether oxygens (including phenoxy) is 2. The predicted molar refractivity (Wildman–Crippen MR) is 162 cm³/mol. The SMILES string of the molecule is [2H]/C(=C\C([2H])([2H])N(C)C([2H])([2H])[2H])C(=O)Cc1c(OCC)c([2H])c2nc([2H])c(C#N)c(Nc3c([2H])c([2H])c(OC([2H])([2H])c4nc(C)c([2H])c([2H])c4[2H])c(Cl)c3[2H])c2c1[2H]. The lowest BCUT2D eigenvalue weighted by Crippen LogP contribution is -2.11. The first-order valence-electron chi connectivity index (χ1n) is 20.3. The highest BCUT2D eigenvalue weighted by Gasteiger charge is 2.16. The number of nitrogens with one attached hydrogen (secondary N) is 1. The molecule has 0 radical (unpaired) electrons. The van der Waals surface area contributed by atoms with E-state index in [1.165, 1.54) is 13.8 Å². The number of carbonyl (C=O) groups is 1. The van der Waals surface area contributed by atoms with Gasteiger partial charge in [0.2, 0.25) is 0 Å². The number of allylic oxidation sites excluding steroid dienone is 1. The molecular formula is C32H32ClN5O3. The summed E-state index contributed by atoms with van der Waals surface area (Å²) in [6.07, 6.45) is -1.19. The lowest BCUT2D eigenvalue weighted by atomic mass is 10.0. The Morgan fingerprint density at radius 3 is 2.93 bits per heavy atom. The molecule has 41 heavy (non-hydrogen) atoms. The van der Waals surface area contributed by atoms with Gasteiger partial charge in [0.05, 0.1) is 50.5 Å². The topological polar surface area (TPSA) is 100 Å². The summed E-state index contributed by atoms with van der Waals surface area (Å²) >= 11 is 6.42. The number of likely N-dealkylation sites (N-methyl/N-ethyl adjacent to an activating group) is 1. The average molecular weight is 587 g/mol. The van der Waals surface area contributed by atoms with E-state index in [0.29, 0.717) is 11.0 Å². The minimum Gasteiger partial charge on any atom is -0.494 e. The van der Waals surface area contributed by atoms with E-state index < -0.39 is 143 Å². The Hall–Kier alpha value is -4.45. The van der Waals surface area contributed by atoms with Gasteiger partial charge in [-0.25, -0.2) is 0 Å². The van der Waals surface area contributed by atoms with E-state index in [9.17, 15) is 10.1 Å². The number of anilines is 2. The molecule has 2 aromatic heterocycles. The highest BCUT2D eigenvalue weighted by atomic mass is 35.5. The van der Waals surface area contributed by atoms with Crippen molar-refractivity contribution in [1.29, 1.82) is 5.26 Å². The van der Waals surface area contributed by atoms with Crippen LogP contribution in [-0.4, -0.2) is 47.8 Å². The smallest absolute Gasteiger partial charge is 0.159 e. The summed E-state index contributed by atoms with van der Waals surface area (Å²) in [7, 11) is 0.918. The second-order valence-electron chi connectivity index (χ2n) is 8.02. The number of hydrogen-bond donors (Lipinski definition) is 1. The Balaban J connectivity index is 1.93. The van der Waals surface area contributed by atoms with Crippen LogP contribution in [0, 0.1) is 18.3 Å². The Morgan fingerprint density at radius 2 is 2.15 bits per heavy atom. The number of hydrogen-bond acceptors (Lipinski definition) is 8. The zero-order valence-corrected chi connectivity index (χ0v) is 22.6. The van der Waals surface area contributed by atoms with E-state index >= 15 is 0 Å². The van der Waals surface area contributed by atoms with E-state index in [2.05, 4.69) is 15.3 Å². The van der Waals surface area contributed by atoms with E-state index in [1.54, 1.807) is 6.07 Å². The van der Waals surface area contributed by atoms with Gasteiger partial charge < -0.3 is 19.7 Å². The number of fused-ring (bicyclic) bond motifs is 1. The van der Waals surface area contributed by atoms with Gasteiger partial charge >= 0.3 is 0 Å². The average Bonchev–Trinajstić information content (AvgIpc) is 3.13. The van der Waals surface area contributed by atoms with Gasteiger partial charge in [-0.1, -0.05) is 23.7 Å². The summed E-state index contributed by atoms with van der Waals surface area (Å²) in [5.74, 6) is -2.40. The number of benzene rings is 2. The van der Waals surface area contributed by atoms with Crippen molar-refractivity contribution in [1.82, 2.24) is 14.9 Å². The maximum atomic E-state index is 13.4. The second-order valence-corrected chi connectivity index (χ2v) is 8.40. The molecular weight excluding hydrogens is 538 g/mol. The highest BCUT2D eigenvalue weighted by Crippen LogP contribution is 2.36. The minimum absolute atomic E-state index is 0.113. The van der Waals surface area contributed by atoms with E-state index in [4.69, 9.17) is 44.4 Å². The number of ketones is 1. The lowest BCUT2D eigenvalue weighted by Gasteiger charge is -2.16. The molecule has 0 fully saturated rings. The molecule has 0 saturated carbocycles.